The molecule has 3 saturated heterocycles. The summed E-state index contributed by atoms with van der Waals surface area (Å²) in [5.41, 5.74) is 0. The third-order valence-electron chi connectivity index (χ3n) is 5.35. The maximum absolute atomic E-state index is 12.8. The molecule has 0 aliphatic carbocycles. The molecule has 3 fully saturated rings. The van der Waals surface area contributed by atoms with Gasteiger partial charge in [-0.2, -0.15) is 0 Å². The van der Waals surface area contributed by atoms with Crippen molar-refractivity contribution in [2.75, 3.05) is 32.7 Å². The van der Waals surface area contributed by atoms with Crippen LogP contribution in [0.5, 0.6) is 0 Å². The first kappa shape index (κ1) is 14.2. The van der Waals surface area contributed by atoms with E-state index in [-0.39, 0.29) is 0 Å². The van der Waals surface area contributed by atoms with Gasteiger partial charge in [0, 0.05) is 25.7 Å². The van der Waals surface area contributed by atoms with E-state index < -0.39 is 0 Å². The molecule has 4 heteroatoms. The van der Waals surface area contributed by atoms with Crippen LogP contribution in [0.25, 0.3) is 0 Å². The Morgan fingerprint density at radius 3 is 2.25 bits per heavy atom. The number of rotatable bonds is 1. The molecule has 0 spiro atoms. The van der Waals surface area contributed by atoms with Crippen molar-refractivity contribution in [3.8, 4) is 0 Å². The van der Waals surface area contributed by atoms with E-state index in [1.807, 2.05) is 0 Å². The zero-order valence-electron chi connectivity index (χ0n) is 12.6. The highest BCUT2D eigenvalue weighted by Crippen LogP contribution is 2.30. The minimum Gasteiger partial charge on any atom is -0.325 e. The van der Waals surface area contributed by atoms with Gasteiger partial charge in [0.25, 0.3) is 0 Å². The summed E-state index contributed by atoms with van der Waals surface area (Å²) >= 11 is 0. The maximum atomic E-state index is 12.8. The summed E-state index contributed by atoms with van der Waals surface area (Å²) in [5.74, 6) is 0.731. The molecule has 0 aromatic heterocycles. The third-order valence-corrected chi connectivity index (χ3v) is 5.35. The molecule has 2 amide bonds. The zero-order chi connectivity index (χ0) is 13.8. The molecular formula is C16H29N3O. The van der Waals surface area contributed by atoms with Gasteiger partial charge in [-0.05, 0) is 57.5 Å². The van der Waals surface area contributed by atoms with Crippen molar-refractivity contribution in [1.82, 2.24) is 15.1 Å². The Labute approximate surface area is 122 Å². The number of hydrogen-bond acceptors (Lipinski definition) is 2. The van der Waals surface area contributed by atoms with Gasteiger partial charge in [0.15, 0.2) is 0 Å². The second-order valence-electron chi connectivity index (χ2n) is 6.67. The van der Waals surface area contributed by atoms with Crippen molar-refractivity contribution in [2.24, 2.45) is 5.92 Å². The number of carbonyl (C=O) groups excluding carboxylic acids is 1. The number of likely N-dealkylation sites (tertiary alicyclic amines) is 2. The molecule has 114 valence electrons. The van der Waals surface area contributed by atoms with Crippen LogP contribution < -0.4 is 5.32 Å². The van der Waals surface area contributed by atoms with Gasteiger partial charge >= 0.3 is 6.03 Å². The molecule has 4 nitrogen and oxygen atoms in total. The Balaban J connectivity index is 1.62. The van der Waals surface area contributed by atoms with Crippen molar-refractivity contribution >= 4 is 6.03 Å². The van der Waals surface area contributed by atoms with Crippen molar-refractivity contribution < 1.29 is 4.79 Å². The molecule has 1 unspecified atom stereocenters. The number of hydrogen-bond donors (Lipinski definition) is 1. The van der Waals surface area contributed by atoms with Crippen LogP contribution in [0.15, 0.2) is 0 Å². The number of carbonyl (C=O) groups is 1. The molecule has 20 heavy (non-hydrogen) atoms. The molecule has 0 aromatic carbocycles. The Morgan fingerprint density at radius 2 is 1.55 bits per heavy atom. The molecule has 3 aliphatic rings. The van der Waals surface area contributed by atoms with Gasteiger partial charge in [0.2, 0.25) is 0 Å². The Morgan fingerprint density at radius 1 is 0.850 bits per heavy atom. The molecule has 0 saturated carbocycles. The van der Waals surface area contributed by atoms with E-state index in [9.17, 15) is 4.79 Å². The quantitative estimate of drug-likeness (QED) is 0.800. The highest BCUT2D eigenvalue weighted by atomic mass is 16.2. The fourth-order valence-corrected chi connectivity index (χ4v) is 4.19. The standard InChI is InChI=1S/C16H29N3O/c20-16(18-11-3-1-2-4-12-18)19-13-5-6-15(19)14-7-9-17-10-8-14/h14-15,17H,1-13H2. The van der Waals surface area contributed by atoms with Gasteiger partial charge in [-0.25, -0.2) is 4.79 Å². The van der Waals surface area contributed by atoms with Crippen LogP contribution in [0.2, 0.25) is 0 Å². The van der Waals surface area contributed by atoms with Crippen molar-refractivity contribution in [1.29, 1.82) is 0 Å². The maximum Gasteiger partial charge on any atom is 0.320 e. The van der Waals surface area contributed by atoms with E-state index in [0.29, 0.717) is 12.1 Å². The van der Waals surface area contributed by atoms with Gasteiger partial charge in [0.05, 0.1) is 0 Å². The lowest BCUT2D eigenvalue weighted by atomic mass is 9.89. The fourth-order valence-electron chi connectivity index (χ4n) is 4.19. The Hall–Kier alpha value is -0.770. The SMILES string of the molecule is O=C(N1CCCCCC1)N1CCCC1C1CCNCC1. The normalized spacial score (nSPS) is 29.5. The van der Waals surface area contributed by atoms with Crippen molar-refractivity contribution in [3.05, 3.63) is 0 Å². The Kier molecular flexibility index (Phi) is 4.81. The van der Waals surface area contributed by atoms with Gasteiger partial charge in [-0.1, -0.05) is 12.8 Å². The number of urea groups is 1. The fraction of sp³-hybridized carbons (Fsp3) is 0.938. The summed E-state index contributed by atoms with van der Waals surface area (Å²) in [5, 5.41) is 3.44. The van der Waals surface area contributed by atoms with Gasteiger partial charge in [0.1, 0.15) is 0 Å². The average molecular weight is 279 g/mol. The second-order valence-corrected chi connectivity index (χ2v) is 6.67. The minimum atomic E-state index is 0.341. The molecule has 1 N–H and O–H groups in total. The monoisotopic (exact) mass is 279 g/mol. The first-order valence-electron chi connectivity index (χ1n) is 8.62. The summed E-state index contributed by atoms with van der Waals surface area (Å²) in [4.78, 5) is 17.2. The number of piperidine rings is 1. The number of amides is 2. The predicted molar refractivity (Wildman–Crippen MR) is 80.8 cm³/mol. The summed E-state index contributed by atoms with van der Waals surface area (Å²) < 4.78 is 0. The number of nitrogens with zero attached hydrogens (tertiary/aromatic N) is 2. The molecule has 0 aromatic rings. The lowest BCUT2D eigenvalue weighted by Crippen LogP contribution is -2.49. The van der Waals surface area contributed by atoms with Crippen LogP contribution >= 0.6 is 0 Å². The van der Waals surface area contributed by atoms with E-state index in [1.54, 1.807) is 0 Å². The molecular weight excluding hydrogens is 250 g/mol. The van der Waals surface area contributed by atoms with E-state index in [1.165, 1.54) is 51.4 Å². The van der Waals surface area contributed by atoms with Crippen LogP contribution in [-0.4, -0.2) is 54.6 Å². The molecule has 0 radical (unpaired) electrons. The van der Waals surface area contributed by atoms with E-state index in [2.05, 4.69) is 15.1 Å². The Bertz CT molecular complexity index is 320. The van der Waals surface area contributed by atoms with Crippen molar-refractivity contribution in [2.45, 2.75) is 57.4 Å². The molecule has 0 bridgehead atoms. The lowest BCUT2D eigenvalue weighted by Gasteiger charge is -2.37. The van der Waals surface area contributed by atoms with E-state index in [0.717, 1.165) is 38.6 Å². The molecule has 3 heterocycles. The summed E-state index contributed by atoms with van der Waals surface area (Å²) in [7, 11) is 0. The summed E-state index contributed by atoms with van der Waals surface area (Å²) in [6, 6.07) is 0.862. The van der Waals surface area contributed by atoms with E-state index in [4.69, 9.17) is 0 Å². The highest BCUT2D eigenvalue weighted by molar-refractivity contribution is 5.75. The summed E-state index contributed by atoms with van der Waals surface area (Å²) in [6.07, 6.45) is 9.89. The molecule has 3 aliphatic heterocycles. The highest BCUT2D eigenvalue weighted by Gasteiger charge is 2.36. The number of nitrogens with one attached hydrogen (secondary N) is 1. The lowest BCUT2D eigenvalue weighted by molar-refractivity contribution is 0.126. The average Bonchev–Trinajstić information content (AvgIpc) is 2.82. The smallest absolute Gasteiger partial charge is 0.320 e. The van der Waals surface area contributed by atoms with Crippen LogP contribution in [0.1, 0.15) is 51.4 Å². The third kappa shape index (κ3) is 3.11. The predicted octanol–water partition coefficient (Wildman–Crippen LogP) is 2.45. The second kappa shape index (κ2) is 6.79. The molecule has 1 atom stereocenters. The largest absolute Gasteiger partial charge is 0.325 e. The molecule has 3 rings (SSSR count). The van der Waals surface area contributed by atoms with Crippen molar-refractivity contribution in [3.63, 3.8) is 0 Å². The van der Waals surface area contributed by atoms with Crippen LogP contribution in [0.4, 0.5) is 4.79 Å². The zero-order valence-corrected chi connectivity index (χ0v) is 12.6. The first-order valence-corrected chi connectivity index (χ1v) is 8.62. The van der Waals surface area contributed by atoms with E-state index >= 15 is 0 Å². The van der Waals surface area contributed by atoms with Crippen LogP contribution in [0, 0.1) is 5.92 Å². The topological polar surface area (TPSA) is 35.6 Å². The van der Waals surface area contributed by atoms with Gasteiger partial charge in [-0.3, -0.25) is 0 Å². The van der Waals surface area contributed by atoms with Crippen LogP contribution in [0.3, 0.4) is 0 Å². The van der Waals surface area contributed by atoms with Gasteiger partial charge in [-0.15, -0.1) is 0 Å². The van der Waals surface area contributed by atoms with Crippen LogP contribution in [-0.2, 0) is 0 Å². The summed E-state index contributed by atoms with van der Waals surface area (Å²) in [6.45, 7) is 5.21. The van der Waals surface area contributed by atoms with Gasteiger partial charge < -0.3 is 15.1 Å². The minimum absolute atomic E-state index is 0.341. The first-order chi connectivity index (χ1) is 9.86.